The fourth-order valence-electron chi connectivity index (χ4n) is 4.43. The van der Waals surface area contributed by atoms with Crippen molar-refractivity contribution in [1.29, 1.82) is 0 Å². The number of rotatable bonds is 4. The number of carbonyl (C=O) groups excluding carboxylic acids is 1. The van der Waals surface area contributed by atoms with Gasteiger partial charge in [-0.3, -0.25) is 14.8 Å². The largest absolute Gasteiger partial charge is 0.386 e. The van der Waals surface area contributed by atoms with Gasteiger partial charge in [0.25, 0.3) is 12.3 Å². The second-order valence-corrected chi connectivity index (χ2v) is 11.1. The maximum atomic E-state index is 14.8. The Kier molecular flexibility index (Phi) is 5.50. The highest BCUT2D eigenvalue weighted by atomic mass is 32.2. The molecule has 0 saturated heterocycles. The third-order valence-electron chi connectivity index (χ3n) is 6.43. The average molecular weight is 481 g/mol. The average Bonchev–Trinajstić information content (AvgIpc) is 2.66. The van der Waals surface area contributed by atoms with Crippen LogP contribution < -0.4 is 11.1 Å². The Morgan fingerprint density at radius 3 is 2.48 bits per heavy atom. The molecular formula is C22H23F3N4O3S. The van der Waals surface area contributed by atoms with Crippen molar-refractivity contribution in [2.75, 3.05) is 11.1 Å². The molecule has 1 amide bonds. The first-order valence-electron chi connectivity index (χ1n) is 10.3. The number of benzene rings is 1. The maximum absolute atomic E-state index is 14.8. The molecule has 3 N–H and O–H groups in total. The smallest absolute Gasteiger partial charge is 0.274 e. The number of aliphatic imine (C=N–C) groups is 1. The number of hydrogen-bond acceptors (Lipinski definition) is 6. The van der Waals surface area contributed by atoms with Crippen LogP contribution in [0.1, 0.15) is 59.8 Å². The van der Waals surface area contributed by atoms with E-state index in [1.54, 1.807) is 0 Å². The molecule has 4 rings (SSSR count). The minimum atomic E-state index is -3.68. The van der Waals surface area contributed by atoms with Crippen molar-refractivity contribution in [3.8, 4) is 0 Å². The highest BCUT2D eigenvalue weighted by molar-refractivity contribution is 7.93. The summed E-state index contributed by atoms with van der Waals surface area (Å²) in [7, 11) is -3.68. The first-order valence-corrected chi connectivity index (χ1v) is 12.0. The van der Waals surface area contributed by atoms with E-state index in [4.69, 9.17) is 5.73 Å². The summed E-state index contributed by atoms with van der Waals surface area (Å²) in [5, 5.41) is 2.56. The van der Waals surface area contributed by atoms with Crippen molar-refractivity contribution in [2.45, 2.75) is 49.8 Å². The number of aromatic nitrogens is 1. The third kappa shape index (κ3) is 3.77. The Labute approximate surface area is 189 Å². The molecule has 7 nitrogen and oxygen atoms in total. The summed E-state index contributed by atoms with van der Waals surface area (Å²) >= 11 is 0. The van der Waals surface area contributed by atoms with Crippen molar-refractivity contribution in [3.05, 3.63) is 58.7 Å². The topological polar surface area (TPSA) is 115 Å². The zero-order valence-corrected chi connectivity index (χ0v) is 18.8. The molecule has 1 fully saturated rings. The van der Waals surface area contributed by atoms with Crippen LogP contribution in [0.2, 0.25) is 0 Å². The molecule has 0 radical (unpaired) electrons. The van der Waals surface area contributed by atoms with Gasteiger partial charge < -0.3 is 11.1 Å². The molecule has 1 atom stereocenters. The minimum absolute atomic E-state index is 0.0183. The summed E-state index contributed by atoms with van der Waals surface area (Å²) in [6.45, 7) is 2.97. The first kappa shape index (κ1) is 23.2. The van der Waals surface area contributed by atoms with E-state index in [1.807, 2.05) is 0 Å². The SMILES string of the molecule is Cc1cc(C(F)F)cnc1C(=O)Nc1ccc(F)c(C2(C)CS(=O)(=O)C3(CCC3)C(N)=N2)c1. The van der Waals surface area contributed by atoms with Gasteiger partial charge in [-0.2, -0.15) is 0 Å². The molecule has 2 aromatic rings. The van der Waals surface area contributed by atoms with E-state index in [0.717, 1.165) is 18.7 Å². The molecule has 1 aromatic heterocycles. The van der Waals surface area contributed by atoms with E-state index >= 15 is 0 Å². The molecule has 1 aromatic carbocycles. The summed E-state index contributed by atoms with van der Waals surface area (Å²) < 4.78 is 65.4. The molecule has 2 heterocycles. The molecule has 1 aliphatic carbocycles. The Morgan fingerprint density at radius 2 is 1.94 bits per heavy atom. The van der Waals surface area contributed by atoms with Crippen LogP contribution in [0.5, 0.6) is 0 Å². The number of amides is 1. The number of nitrogens with one attached hydrogen (secondary N) is 1. The van der Waals surface area contributed by atoms with Crippen LogP contribution >= 0.6 is 0 Å². The molecule has 33 heavy (non-hydrogen) atoms. The number of anilines is 1. The molecule has 1 aliphatic heterocycles. The van der Waals surface area contributed by atoms with Gasteiger partial charge >= 0.3 is 0 Å². The van der Waals surface area contributed by atoms with E-state index in [9.17, 15) is 26.4 Å². The Morgan fingerprint density at radius 1 is 1.24 bits per heavy atom. The number of carbonyl (C=O) groups is 1. The second-order valence-electron chi connectivity index (χ2n) is 8.76. The van der Waals surface area contributed by atoms with Gasteiger partial charge in [0.2, 0.25) is 0 Å². The number of nitrogens with zero attached hydrogens (tertiary/aromatic N) is 2. The fourth-order valence-corrected chi connectivity index (χ4v) is 6.94. The van der Waals surface area contributed by atoms with E-state index < -0.39 is 44.0 Å². The van der Waals surface area contributed by atoms with Crippen molar-refractivity contribution in [3.63, 3.8) is 0 Å². The zero-order valence-electron chi connectivity index (χ0n) is 18.0. The molecule has 1 spiro atoms. The van der Waals surface area contributed by atoms with Crippen molar-refractivity contribution in [2.24, 2.45) is 10.7 Å². The number of pyridine rings is 1. The van der Waals surface area contributed by atoms with Gasteiger partial charge in [0, 0.05) is 23.0 Å². The summed E-state index contributed by atoms with van der Waals surface area (Å²) in [6.07, 6.45) is -0.267. The number of sulfone groups is 1. The lowest BCUT2D eigenvalue weighted by atomic mass is 9.82. The van der Waals surface area contributed by atoms with Crippen LogP contribution in [0.15, 0.2) is 35.5 Å². The lowest BCUT2D eigenvalue weighted by Crippen LogP contribution is -2.61. The number of hydrogen-bond donors (Lipinski definition) is 2. The lowest BCUT2D eigenvalue weighted by molar-refractivity contribution is 0.102. The van der Waals surface area contributed by atoms with Gasteiger partial charge in [-0.05, 0) is 62.9 Å². The number of amidine groups is 1. The molecule has 0 bridgehead atoms. The van der Waals surface area contributed by atoms with E-state index in [2.05, 4.69) is 15.3 Å². The molecule has 1 unspecified atom stereocenters. The Balaban J connectivity index is 1.66. The minimum Gasteiger partial charge on any atom is -0.386 e. The van der Waals surface area contributed by atoms with Crippen LogP contribution in [0.3, 0.4) is 0 Å². The molecule has 1 saturated carbocycles. The molecule has 176 valence electrons. The van der Waals surface area contributed by atoms with Gasteiger partial charge in [-0.25, -0.2) is 21.6 Å². The predicted octanol–water partition coefficient (Wildman–Crippen LogP) is 3.64. The summed E-state index contributed by atoms with van der Waals surface area (Å²) in [5.74, 6) is -1.80. The monoisotopic (exact) mass is 480 g/mol. The maximum Gasteiger partial charge on any atom is 0.274 e. The second kappa shape index (κ2) is 7.82. The van der Waals surface area contributed by atoms with Crippen molar-refractivity contribution < 1.29 is 26.4 Å². The van der Waals surface area contributed by atoms with Crippen LogP contribution in [0, 0.1) is 12.7 Å². The Bertz CT molecular complexity index is 1280. The van der Waals surface area contributed by atoms with E-state index in [1.165, 1.54) is 32.0 Å². The molecule has 2 aliphatic rings. The van der Waals surface area contributed by atoms with Crippen LogP contribution in [0.4, 0.5) is 18.9 Å². The van der Waals surface area contributed by atoms with Crippen LogP contribution in [-0.4, -0.2) is 35.6 Å². The quantitative estimate of drug-likeness (QED) is 0.694. The summed E-state index contributed by atoms with van der Waals surface area (Å²) in [4.78, 5) is 20.9. The summed E-state index contributed by atoms with van der Waals surface area (Å²) in [6, 6.07) is 4.88. The number of nitrogens with two attached hydrogens (primary N) is 1. The molecule has 11 heteroatoms. The normalized spacial score (nSPS) is 23.2. The van der Waals surface area contributed by atoms with E-state index in [0.29, 0.717) is 12.8 Å². The Hall–Kier alpha value is -2.95. The summed E-state index contributed by atoms with van der Waals surface area (Å²) in [5.41, 5.74) is 4.63. The number of halogens is 3. The van der Waals surface area contributed by atoms with Gasteiger partial charge in [0.05, 0.1) is 5.75 Å². The number of alkyl halides is 2. The first-order chi connectivity index (χ1) is 15.4. The van der Waals surface area contributed by atoms with Gasteiger partial charge in [-0.15, -0.1) is 0 Å². The van der Waals surface area contributed by atoms with Crippen molar-refractivity contribution >= 4 is 27.3 Å². The highest BCUT2D eigenvalue weighted by Crippen LogP contribution is 2.47. The lowest BCUT2D eigenvalue weighted by Gasteiger charge is -2.46. The number of aryl methyl sites for hydroxylation is 1. The highest BCUT2D eigenvalue weighted by Gasteiger charge is 2.58. The van der Waals surface area contributed by atoms with E-state index in [-0.39, 0.29) is 33.9 Å². The van der Waals surface area contributed by atoms with Gasteiger partial charge in [-0.1, -0.05) is 0 Å². The standard InChI is InChI=1S/C22H23F3N4O3S/c1-12-8-13(18(24)25)10-27-17(12)19(30)28-14-4-5-16(23)15(9-14)21(2)11-33(31,32)22(6-3-7-22)20(26)29-21/h4-5,8-10,18H,3,6-7,11H2,1-2H3,(H2,26,29)(H,28,30). The predicted molar refractivity (Wildman–Crippen MR) is 118 cm³/mol. The van der Waals surface area contributed by atoms with Crippen LogP contribution in [0.25, 0.3) is 0 Å². The van der Waals surface area contributed by atoms with Gasteiger partial charge in [0.15, 0.2) is 9.84 Å². The van der Waals surface area contributed by atoms with Crippen LogP contribution in [-0.2, 0) is 15.4 Å². The fraction of sp³-hybridized carbons (Fsp3) is 0.409. The molecular weight excluding hydrogens is 457 g/mol. The van der Waals surface area contributed by atoms with Crippen molar-refractivity contribution in [1.82, 2.24) is 4.98 Å². The zero-order chi connectivity index (χ0) is 24.2. The van der Waals surface area contributed by atoms with Gasteiger partial charge in [0.1, 0.15) is 27.6 Å². The third-order valence-corrected chi connectivity index (χ3v) is 9.18.